The van der Waals surface area contributed by atoms with Gasteiger partial charge in [0.25, 0.3) is 0 Å². The number of halogens is 2. The van der Waals surface area contributed by atoms with E-state index in [9.17, 15) is 14.2 Å². The molecule has 3 unspecified atom stereocenters. The predicted octanol–water partition coefficient (Wildman–Crippen LogP) is 7.34. The Kier molecular flexibility index (Phi) is 17.6. The minimum absolute atomic E-state index is 0.0550. The third-order valence-electron chi connectivity index (χ3n) is 7.34. The van der Waals surface area contributed by atoms with E-state index in [0.717, 1.165) is 76.8 Å². The molecular weight excluding hydrogens is 599 g/mol. The number of anilines is 1. The molecule has 11 nitrogen and oxygen atoms in total. The lowest BCUT2D eigenvalue weighted by atomic mass is 10.1. The van der Waals surface area contributed by atoms with E-state index in [4.69, 9.17) is 28.8 Å². The third kappa shape index (κ3) is 12.8. The van der Waals surface area contributed by atoms with Crippen LogP contribution in [0, 0.1) is 0 Å². The Bertz CT molecular complexity index is 1060. The topological polar surface area (TPSA) is 141 Å². The third-order valence-corrected chi connectivity index (χ3v) is 8.80. The number of hydrogen-bond donors (Lipinski definition) is 1. The van der Waals surface area contributed by atoms with Crippen LogP contribution in [0.25, 0.3) is 0 Å². The quantitative estimate of drug-likeness (QED) is 0.0686. The number of aromatic nitrogens is 2. The smallest absolute Gasteiger partial charge is 0.453 e. The van der Waals surface area contributed by atoms with Crippen LogP contribution in [0.4, 0.5) is 14.6 Å². The number of alkyl halides is 2. The first-order valence-electron chi connectivity index (χ1n) is 16.2. The van der Waals surface area contributed by atoms with Gasteiger partial charge in [0.15, 0.2) is 6.10 Å². The van der Waals surface area contributed by atoms with Crippen LogP contribution in [0.2, 0.25) is 0 Å². The van der Waals surface area contributed by atoms with Crippen molar-refractivity contribution in [1.82, 2.24) is 9.55 Å². The lowest BCUT2D eigenvalue weighted by molar-refractivity contribution is -0.176. The SMILES string of the molecule is CCCCCCCCC(=O)OC1C(COP(=O)(OCCCCCC)OCCCCCC)OC(n2ccc(N)nc2=O)C1(F)F. The zero-order valence-corrected chi connectivity index (χ0v) is 27.5. The zero-order valence-electron chi connectivity index (χ0n) is 26.6. The maximum atomic E-state index is 15.8. The van der Waals surface area contributed by atoms with Gasteiger partial charge < -0.3 is 15.2 Å². The van der Waals surface area contributed by atoms with Gasteiger partial charge in [-0.1, -0.05) is 91.4 Å². The number of esters is 1. The first-order chi connectivity index (χ1) is 21.1. The van der Waals surface area contributed by atoms with Crippen LogP contribution in [-0.4, -0.2) is 53.5 Å². The lowest BCUT2D eigenvalue weighted by Crippen LogP contribution is -2.44. The molecule has 254 valence electrons. The highest BCUT2D eigenvalue weighted by molar-refractivity contribution is 7.48. The monoisotopic (exact) mass is 651 g/mol. The molecule has 14 heteroatoms. The fourth-order valence-corrected chi connectivity index (χ4v) is 6.05. The highest BCUT2D eigenvalue weighted by Gasteiger charge is 2.62. The molecule has 0 aliphatic carbocycles. The van der Waals surface area contributed by atoms with Crippen molar-refractivity contribution in [2.24, 2.45) is 0 Å². The van der Waals surface area contributed by atoms with Crippen molar-refractivity contribution >= 4 is 19.6 Å². The Balaban J connectivity index is 2.18. The number of hydrogen-bond acceptors (Lipinski definition) is 10. The largest absolute Gasteiger partial charge is 0.474 e. The number of phosphoric acid groups is 1. The van der Waals surface area contributed by atoms with Crippen LogP contribution in [0.15, 0.2) is 17.1 Å². The zero-order chi connectivity index (χ0) is 32.4. The van der Waals surface area contributed by atoms with Crippen molar-refractivity contribution < 1.29 is 41.2 Å². The minimum atomic E-state index is -4.17. The van der Waals surface area contributed by atoms with E-state index >= 15 is 8.78 Å². The Morgan fingerprint density at radius 2 is 1.48 bits per heavy atom. The normalized spacial score (nSPS) is 19.8. The van der Waals surface area contributed by atoms with Gasteiger partial charge in [0.05, 0.1) is 19.8 Å². The van der Waals surface area contributed by atoms with Crippen LogP contribution in [0.3, 0.4) is 0 Å². The summed E-state index contributed by atoms with van der Waals surface area (Å²) in [5, 5.41) is 0. The van der Waals surface area contributed by atoms with Crippen LogP contribution < -0.4 is 11.4 Å². The second-order valence-electron chi connectivity index (χ2n) is 11.2. The first-order valence-corrected chi connectivity index (χ1v) is 17.6. The van der Waals surface area contributed by atoms with Crippen molar-refractivity contribution in [1.29, 1.82) is 0 Å². The van der Waals surface area contributed by atoms with Crippen LogP contribution >= 0.6 is 7.82 Å². The highest BCUT2D eigenvalue weighted by atomic mass is 31.2. The van der Waals surface area contributed by atoms with E-state index in [1.165, 1.54) is 6.07 Å². The summed E-state index contributed by atoms with van der Waals surface area (Å²) in [4.78, 5) is 28.6. The van der Waals surface area contributed by atoms with Crippen molar-refractivity contribution in [3.05, 3.63) is 22.7 Å². The molecule has 2 heterocycles. The Morgan fingerprint density at radius 1 is 0.932 bits per heavy atom. The van der Waals surface area contributed by atoms with E-state index in [1.54, 1.807) is 0 Å². The molecule has 44 heavy (non-hydrogen) atoms. The maximum absolute atomic E-state index is 15.8. The van der Waals surface area contributed by atoms with Gasteiger partial charge in [-0.15, -0.1) is 0 Å². The molecule has 1 fully saturated rings. The number of nitrogens with zero attached hydrogens (tertiary/aromatic N) is 2. The van der Waals surface area contributed by atoms with E-state index in [1.807, 2.05) is 0 Å². The molecule has 2 rings (SSSR count). The van der Waals surface area contributed by atoms with Gasteiger partial charge >= 0.3 is 25.4 Å². The van der Waals surface area contributed by atoms with E-state index in [0.29, 0.717) is 23.8 Å². The van der Waals surface area contributed by atoms with E-state index < -0.39 is 50.4 Å². The van der Waals surface area contributed by atoms with Gasteiger partial charge in [0.2, 0.25) is 6.23 Å². The molecule has 0 aromatic carbocycles. The molecule has 2 N–H and O–H groups in total. The fraction of sp³-hybridized carbons (Fsp3) is 0.833. The number of nitrogen functional groups attached to an aromatic ring is 1. The van der Waals surface area contributed by atoms with Crippen LogP contribution in [0.1, 0.15) is 123 Å². The molecule has 1 aliphatic heterocycles. The molecule has 3 atom stereocenters. The van der Waals surface area contributed by atoms with Gasteiger partial charge in [-0.25, -0.2) is 9.36 Å². The lowest BCUT2D eigenvalue weighted by Gasteiger charge is -2.25. The fourth-order valence-electron chi connectivity index (χ4n) is 4.79. The van der Waals surface area contributed by atoms with Crippen LogP contribution in [0.5, 0.6) is 0 Å². The molecular formula is C30H52F2N3O8P. The number of phosphoric ester groups is 1. The average Bonchev–Trinajstić information content (AvgIpc) is 3.22. The van der Waals surface area contributed by atoms with Gasteiger partial charge in [-0.3, -0.25) is 22.9 Å². The Labute approximate surface area is 260 Å². The number of carbonyl (C=O) groups excluding carboxylic acids is 1. The summed E-state index contributed by atoms with van der Waals surface area (Å²) in [6, 6.07) is 1.18. The molecule has 1 aromatic rings. The molecule has 0 saturated carbocycles. The van der Waals surface area contributed by atoms with Gasteiger partial charge in [-0.05, 0) is 25.3 Å². The Hall–Kier alpha value is -1.92. The molecule has 0 radical (unpaired) electrons. The summed E-state index contributed by atoms with van der Waals surface area (Å²) in [7, 11) is -4.17. The second kappa shape index (κ2) is 20.3. The highest BCUT2D eigenvalue weighted by Crippen LogP contribution is 2.52. The molecule has 1 aliphatic rings. The predicted molar refractivity (Wildman–Crippen MR) is 163 cm³/mol. The molecule has 1 aromatic heterocycles. The summed E-state index contributed by atoms with van der Waals surface area (Å²) in [5.74, 6) is -4.84. The average molecular weight is 652 g/mol. The van der Waals surface area contributed by atoms with E-state index in [-0.39, 0.29) is 25.5 Å². The van der Waals surface area contributed by atoms with Crippen molar-refractivity contribution in [3.63, 3.8) is 0 Å². The Morgan fingerprint density at radius 3 is 2.05 bits per heavy atom. The molecule has 0 bridgehead atoms. The summed E-state index contributed by atoms with van der Waals surface area (Å²) in [6.07, 6.45) is 7.37. The maximum Gasteiger partial charge on any atom is 0.474 e. The van der Waals surface area contributed by atoms with Gasteiger partial charge in [-0.2, -0.15) is 13.8 Å². The van der Waals surface area contributed by atoms with Crippen molar-refractivity contribution in [2.45, 2.75) is 141 Å². The molecule has 0 amide bonds. The second-order valence-corrected chi connectivity index (χ2v) is 12.9. The summed E-state index contributed by atoms with van der Waals surface area (Å²) >= 11 is 0. The van der Waals surface area contributed by atoms with Crippen molar-refractivity contribution in [3.8, 4) is 0 Å². The van der Waals surface area contributed by atoms with Gasteiger partial charge in [0.1, 0.15) is 11.9 Å². The standard InChI is InChI=1S/C30H52F2N3O8P/c1-4-7-10-13-14-15-18-26(36)43-27-24(42-28(30(27,31)32)35-20-19-25(33)34-29(35)37)23-41-44(38,39-21-16-11-8-5-2)40-22-17-12-9-6-3/h19-20,24,27-28H,4-18,21-23H2,1-3H3,(H2,33,34,37). The van der Waals surface area contributed by atoms with Crippen LogP contribution in [-0.2, 0) is 32.4 Å². The van der Waals surface area contributed by atoms with E-state index in [2.05, 4.69) is 25.8 Å². The van der Waals surface area contributed by atoms with Gasteiger partial charge in [0, 0.05) is 12.6 Å². The molecule has 0 spiro atoms. The summed E-state index contributed by atoms with van der Waals surface area (Å²) in [6.45, 7) is 5.72. The number of carbonyl (C=O) groups is 1. The number of rotatable bonds is 24. The number of ether oxygens (including phenoxy) is 2. The number of nitrogens with two attached hydrogens (primary N) is 1. The first kappa shape index (κ1) is 38.3. The number of unbranched alkanes of at least 4 members (excludes halogenated alkanes) is 11. The summed E-state index contributed by atoms with van der Waals surface area (Å²) < 4.78 is 73.2. The molecule has 1 saturated heterocycles. The van der Waals surface area contributed by atoms with Crippen molar-refractivity contribution in [2.75, 3.05) is 25.6 Å². The summed E-state index contributed by atoms with van der Waals surface area (Å²) in [5.41, 5.74) is 4.46. The minimum Gasteiger partial charge on any atom is -0.453 e.